The van der Waals surface area contributed by atoms with E-state index >= 15 is 4.39 Å². The second-order valence-electron chi connectivity index (χ2n) is 9.60. The number of piperazine rings is 1. The van der Waals surface area contributed by atoms with Crippen LogP contribution in [0.5, 0.6) is 0 Å². The number of benzene rings is 2. The van der Waals surface area contributed by atoms with E-state index in [0.717, 1.165) is 37.3 Å². The Morgan fingerprint density at radius 3 is 2.32 bits per heavy atom. The van der Waals surface area contributed by atoms with Gasteiger partial charge in [-0.2, -0.15) is 0 Å². The van der Waals surface area contributed by atoms with Gasteiger partial charge in [-0.3, -0.25) is 4.79 Å². The summed E-state index contributed by atoms with van der Waals surface area (Å²) in [7, 11) is 0. The molecule has 3 fully saturated rings. The summed E-state index contributed by atoms with van der Waals surface area (Å²) >= 11 is 0. The molecule has 0 spiro atoms. The molecule has 0 bridgehead atoms. The molecule has 0 radical (unpaired) electrons. The van der Waals surface area contributed by atoms with Crippen LogP contribution in [0, 0.1) is 5.82 Å². The Hall–Kier alpha value is -3.29. The van der Waals surface area contributed by atoms with Gasteiger partial charge in [0.15, 0.2) is 0 Å². The fourth-order valence-corrected chi connectivity index (χ4v) is 5.28. The quantitative estimate of drug-likeness (QED) is 0.706. The first-order valence-electron chi connectivity index (χ1n) is 12.1. The third kappa shape index (κ3) is 4.41. The minimum absolute atomic E-state index is 0.0480. The van der Waals surface area contributed by atoms with Gasteiger partial charge in [0.25, 0.3) is 0 Å². The summed E-state index contributed by atoms with van der Waals surface area (Å²) in [6.07, 6.45) is 2.32. The third-order valence-corrected chi connectivity index (χ3v) is 7.45. The van der Waals surface area contributed by atoms with Crippen molar-refractivity contribution in [2.45, 2.75) is 37.1 Å². The predicted octanol–water partition coefficient (Wildman–Crippen LogP) is 3.44. The molecule has 7 nitrogen and oxygen atoms in total. The third-order valence-electron chi connectivity index (χ3n) is 7.45. The smallest absolute Gasteiger partial charge is 0.407 e. The van der Waals surface area contributed by atoms with Crippen LogP contribution in [0.15, 0.2) is 48.5 Å². The summed E-state index contributed by atoms with van der Waals surface area (Å²) in [4.78, 5) is 30.1. The first kappa shape index (κ1) is 22.5. The fraction of sp³-hybridized carbons (Fsp3) is 0.462. The monoisotopic (exact) mass is 466 g/mol. The molecule has 2 heterocycles. The molecule has 2 aliphatic heterocycles. The van der Waals surface area contributed by atoms with E-state index in [0.29, 0.717) is 44.6 Å². The Labute approximate surface area is 199 Å². The molecule has 5 rings (SSSR count). The molecule has 0 unspecified atom stereocenters. The number of nitrogens with zero attached hydrogens (tertiary/aromatic N) is 3. The van der Waals surface area contributed by atoms with Crippen molar-refractivity contribution in [3.8, 4) is 0 Å². The van der Waals surface area contributed by atoms with Crippen LogP contribution in [-0.4, -0.2) is 67.3 Å². The van der Waals surface area contributed by atoms with Crippen LogP contribution in [0.4, 0.5) is 20.6 Å². The highest BCUT2D eigenvalue weighted by molar-refractivity contribution is 5.91. The molecule has 1 aliphatic carbocycles. The van der Waals surface area contributed by atoms with Crippen molar-refractivity contribution in [3.05, 3.63) is 59.9 Å². The second-order valence-corrected chi connectivity index (χ2v) is 9.60. The first-order valence-corrected chi connectivity index (χ1v) is 12.1. The minimum atomic E-state index is -0.923. The molecule has 2 aromatic rings. The Balaban J connectivity index is 1.24. The predicted molar refractivity (Wildman–Crippen MR) is 129 cm³/mol. The lowest BCUT2D eigenvalue weighted by Crippen LogP contribution is -2.50. The second kappa shape index (κ2) is 9.16. The summed E-state index contributed by atoms with van der Waals surface area (Å²) in [5, 5.41) is 12.3. The lowest BCUT2D eigenvalue weighted by Gasteiger charge is -2.36. The van der Waals surface area contributed by atoms with Crippen LogP contribution in [0.3, 0.4) is 0 Å². The largest absolute Gasteiger partial charge is 0.465 e. The van der Waals surface area contributed by atoms with Crippen LogP contribution >= 0.6 is 0 Å². The van der Waals surface area contributed by atoms with Gasteiger partial charge < -0.3 is 25.1 Å². The van der Waals surface area contributed by atoms with Gasteiger partial charge in [0.05, 0.1) is 5.41 Å². The van der Waals surface area contributed by atoms with Crippen molar-refractivity contribution in [1.82, 2.24) is 10.2 Å². The van der Waals surface area contributed by atoms with E-state index in [1.54, 1.807) is 6.07 Å². The zero-order valence-electron chi connectivity index (χ0n) is 19.3. The van der Waals surface area contributed by atoms with Gasteiger partial charge >= 0.3 is 6.09 Å². The number of carbonyl (C=O) groups is 2. The molecule has 1 saturated carbocycles. The van der Waals surface area contributed by atoms with E-state index < -0.39 is 11.5 Å². The zero-order valence-corrected chi connectivity index (χ0v) is 19.3. The van der Waals surface area contributed by atoms with Gasteiger partial charge in [0.1, 0.15) is 5.82 Å². The molecular formula is C26H31FN4O3. The zero-order chi connectivity index (χ0) is 23.7. The van der Waals surface area contributed by atoms with Crippen molar-refractivity contribution in [2.24, 2.45) is 0 Å². The Bertz CT molecular complexity index is 1050. The lowest BCUT2D eigenvalue weighted by atomic mass is 9.93. The van der Waals surface area contributed by atoms with Crippen molar-refractivity contribution < 1.29 is 19.1 Å². The number of halogens is 1. The summed E-state index contributed by atoms with van der Waals surface area (Å²) in [6, 6.07) is 15.4. The van der Waals surface area contributed by atoms with Gasteiger partial charge in [0.2, 0.25) is 5.91 Å². The van der Waals surface area contributed by atoms with Gasteiger partial charge in [-0.05, 0) is 49.9 Å². The Kier molecular flexibility index (Phi) is 6.06. The average molecular weight is 467 g/mol. The first-order chi connectivity index (χ1) is 16.5. The minimum Gasteiger partial charge on any atom is -0.465 e. The number of anilines is 2. The molecule has 2 saturated heterocycles. The molecule has 2 amide bonds. The number of para-hydroxylation sites is 1. The average Bonchev–Trinajstić information content (AvgIpc) is 3.67. The maximum Gasteiger partial charge on any atom is 0.407 e. The molecule has 3 aliphatic rings. The van der Waals surface area contributed by atoms with Gasteiger partial charge in [-0.1, -0.05) is 24.3 Å². The van der Waals surface area contributed by atoms with E-state index in [-0.39, 0.29) is 17.8 Å². The lowest BCUT2D eigenvalue weighted by molar-refractivity contribution is -0.124. The van der Waals surface area contributed by atoms with E-state index in [4.69, 9.17) is 5.11 Å². The SMILES string of the molecule is O=C(O)N1CCN(c2ccc(C3(C(=O)N[C@H]4CCCN(c5ccccc5)C4)CC3)c(F)c2)CC1. The van der Waals surface area contributed by atoms with Gasteiger partial charge in [0, 0.05) is 62.2 Å². The van der Waals surface area contributed by atoms with E-state index in [1.807, 2.05) is 29.2 Å². The Morgan fingerprint density at radius 1 is 0.941 bits per heavy atom. The molecule has 1 atom stereocenters. The van der Waals surface area contributed by atoms with Crippen LogP contribution in [0.2, 0.25) is 0 Å². The number of carbonyl (C=O) groups excluding carboxylic acids is 1. The van der Waals surface area contributed by atoms with Gasteiger partial charge in [-0.25, -0.2) is 9.18 Å². The summed E-state index contributed by atoms with van der Waals surface area (Å²) < 4.78 is 15.2. The van der Waals surface area contributed by atoms with Gasteiger partial charge in [-0.15, -0.1) is 0 Å². The summed E-state index contributed by atoms with van der Waals surface area (Å²) in [6.45, 7) is 3.57. The van der Waals surface area contributed by atoms with E-state index in [9.17, 15) is 9.59 Å². The number of hydrogen-bond donors (Lipinski definition) is 2. The molecule has 180 valence electrons. The van der Waals surface area contributed by atoms with Crippen molar-refractivity contribution >= 4 is 23.4 Å². The van der Waals surface area contributed by atoms with Crippen LogP contribution in [-0.2, 0) is 10.2 Å². The van der Waals surface area contributed by atoms with Crippen molar-refractivity contribution in [3.63, 3.8) is 0 Å². The molecule has 34 heavy (non-hydrogen) atoms. The number of nitrogens with one attached hydrogen (secondary N) is 1. The highest BCUT2D eigenvalue weighted by Crippen LogP contribution is 2.50. The molecule has 2 N–H and O–H groups in total. The highest BCUT2D eigenvalue weighted by Gasteiger charge is 2.53. The topological polar surface area (TPSA) is 76.1 Å². The number of piperidine rings is 1. The number of hydrogen-bond acceptors (Lipinski definition) is 4. The normalized spacial score (nSPS) is 21.8. The van der Waals surface area contributed by atoms with E-state index in [2.05, 4.69) is 22.3 Å². The summed E-state index contributed by atoms with van der Waals surface area (Å²) in [5.74, 6) is -0.436. The van der Waals surface area contributed by atoms with Crippen molar-refractivity contribution in [2.75, 3.05) is 49.1 Å². The Morgan fingerprint density at radius 2 is 1.68 bits per heavy atom. The van der Waals surface area contributed by atoms with E-state index in [1.165, 1.54) is 11.0 Å². The molecular weight excluding hydrogens is 435 g/mol. The van der Waals surface area contributed by atoms with Crippen LogP contribution < -0.4 is 15.1 Å². The number of amides is 2. The maximum absolute atomic E-state index is 15.2. The standard InChI is InChI=1S/C26H31FN4O3/c27-23-17-21(29-13-15-30(16-14-29)25(33)34)8-9-22(23)26(10-11-26)24(32)28-19-5-4-12-31(18-19)20-6-2-1-3-7-20/h1-3,6-9,17,19H,4-5,10-16,18H2,(H,28,32)(H,33,34)/t19-/m0/s1. The molecule has 8 heteroatoms. The highest BCUT2D eigenvalue weighted by atomic mass is 19.1. The number of rotatable bonds is 5. The van der Waals surface area contributed by atoms with Crippen LogP contribution in [0.25, 0.3) is 0 Å². The molecule has 2 aromatic carbocycles. The van der Waals surface area contributed by atoms with Crippen molar-refractivity contribution in [1.29, 1.82) is 0 Å². The summed E-state index contributed by atoms with van der Waals surface area (Å²) in [5.41, 5.74) is 1.58. The maximum atomic E-state index is 15.2. The number of carboxylic acid groups (broad SMARTS) is 1. The fourth-order valence-electron chi connectivity index (χ4n) is 5.28. The molecule has 0 aromatic heterocycles. The van der Waals surface area contributed by atoms with Crippen LogP contribution in [0.1, 0.15) is 31.2 Å².